The van der Waals surface area contributed by atoms with Gasteiger partial charge >= 0.3 is 0 Å². The molecule has 1 aromatic carbocycles. The van der Waals surface area contributed by atoms with E-state index in [1.54, 1.807) is 18.2 Å². The van der Waals surface area contributed by atoms with Crippen LogP contribution < -0.4 is 20.7 Å². The van der Waals surface area contributed by atoms with Crippen LogP contribution in [0.25, 0.3) is 11.3 Å². The number of anilines is 3. The van der Waals surface area contributed by atoms with Crippen molar-refractivity contribution in [2.45, 2.75) is 19.3 Å². The van der Waals surface area contributed by atoms with Gasteiger partial charge in [0, 0.05) is 40.4 Å². The second kappa shape index (κ2) is 9.77. The topological polar surface area (TPSA) is 118 Å². The third-order valence-corrected chi connectivity index (χ3v) is 5.12. The van der Waals surface area contributed by atoms with Gasteiger partial charge in [-0.15, -0.1) is 10.2 Å². The van der Waals surface area contributed by atoms with Crippen LogP contribution in [0.3, 0.4) is 0 Å². The Morgan fingerprint density at radius 2 is 2.00 bits per heavy atom. The maximum atomic E-state index is 12.9. The van der Waals surface area contributed by atoms with Gasteiger partial charge in [-0.2, -0.15) is 0 Å². The molecule has 0 aliphatic heterocycles. The van der Waals surface area contributed by atoms with Gasteiger partial charge in [0.2, 0.25) is 5.91 Å². The number of rotatable bonds is 8. The number of nitrogens with one attached hydrogen (secondary N) is 3. The molecule has 1 saturated carbocycles. The van der Waals surface area contributed by atoms with Crippen molar-refractivity contribution in [1.82, 2.24) is 20.5 Å². The van der Waals surface area contributed by atoms with Gasteiger partial charge in [-0.3, -0.25) is 14.6 Å². The molecule has 0 spiro atoms. The SMILES string of the molecule is [2H]C([2H])([2H])NC(=O)c1nnc(NC(=O)C2CC2)cc1Nc1cccc(-c2ccc(C(F)F)cn2)c1OC. The fraction of sp³-hybridized carbons (Fsp3) is 0.261. The van der Waals surface area contributed by atoms with Gasteiger partial charge in [0.25, 0.3) is 12.3 Å². The lowest BCUT2D eigenvalue weighted by Gasteiger charge is -2.17. The molecule has 3 aromatic rings. The van der Waals surface area contributed by atoms with Crippen molar-refractivity contribution in [3.8, 4) is 17.0 Å². The zero-order chi connectivity index (χ0) is 26.7. The summed E-state index contributed by atoms with van der Waals surface area (Å²) in [5.41, 5.74) is 0.619. The summed E-state index contributed by atoms with van der Waals surface area (Å²) in [5.74, 6) is -1.05. The van der Waals surface area contributed by atoms with Crippen LogP contribution in [0.15, 0.2) is 42.6 Å². The lowest BCUT2D eigenvalue weighted by atomic mass is 10.1. The largest absolute Gasteiger partial charge is 0.494 e. The summed E-state index contributed by atoms with van der Waals surface area (Å²) >= 11 is 0. The Morgan fingerprint density at radius 1 is 1.18 bits per heavy atom. The van der Waals surface area contributed by atoms with Gasteiger partial charge in [-0.25, -0.2) is 8.78 Å². The maximum absolute atomic E-state index is 12.9. The van der Waals surface area contributed by atoms with Crippen molar-refractivity contribution in [2.75, 3.05) is 24.7 Å². The quantitative estimate of drug-likeness (QED) is 0.455. The highest BCUT2D eigenvalue weighted by molar-refractivity contribution is 6.00. The Morgan fingerprint density at radius 3 is 2.65 bits per heavy atom. The van der Waals surface area contributed by atoms with E-state index in [1.165, 1.54) is 25.3 Å². The number of benzene rings is 1. The second-order valence-corrected chi connectivity index (χ2v) is 7.50. The minimum absolute atomic E-state index is 0.0410. The zero-order valence-electron chi connectivity index (χ0n) is 20.9. The highest BCUT2D eigenvalue weighted by Crippen LogP contribution is 2.38. The maximum Gasteiger partial charge on any atom is 0.273 e. The number of carbonyl (C=O) groups excluding carboxylic acids is 2. The molecule has 1 aliphatic carbocycles. The lowest BCUT2D eigenvalue weighted by molar-refractivity contribution is -0.117. The fourth-order valence-corrected chi connectivity index (χ4v) is 3.24. The number of pyridine rings is 1. The summed E-state index contributed by atoms with van der Waals surface area (Å²) in [6.45, 7) is -2.78. The summed E-state index contributed by atoms with van der Waals surface area (Å²) < 4.78 is 53.4. The summed E-state index contributed by atoms with van der Waals surface area (Å²) in [6.07, 6.45) is -0.0671. The third kappa shape index (κ3) is 4.92. The summed E-state index contributed by atoms with van der Waals surface area (Å²) in [6, 6.07) is 8.97. The van der Waals surface area contributed by atoms with E-state index in [-0.39, 0.29) is 40.3 Å². The molecule has 0 saturated heterocycles. The first kappa shape index (κ1) is 19.3. The molecule has 1 fully saturated rings. The number of methoxy groups -OCH3 is 1. The number of aromatic nitrogens is 3. The minimum atomic E-state index is -2.78. The number of halogens is 2. The molecule has 2 amide bonds. The smallest absolute Gasteiger partial charge is 0.273 e. The Hall–Kier alpha value is -4.15. The van der Waals surface area contributed by atoms with Crippen LogP contribution in [-0.2, 0) is 4.79 Å². The number of nitrogens with zero attached hydrogens (tertiary/aromatic N) is 3. The number of ether oxygens (including phenoxy) is 1. The van der Waals surface area contributed by atoms with Gasteiger partial charge in [-0.05, 0) is 37.1 Å². The molecule has 4 rings (SSSR count). The number of amides is 2. The Balaban J connectivity index is 1.71. The van der Waals surface area contributed by atoms with Crippen LogP contribution in [-0.4, -0.2) is 41.1 Å². The van der Waals surface area contributed by atoms with E-state index in [0.717, 1.165) is 19.0 Å². The Bertz CT molecular complexity index is 1320. The van der Waals surface area contributed by atoms with Crippen LogP contribution in [0.2, 0.25) is 0 Å². The van der Waals surface area contributed by atoms with Crippen molar-refractivity contribution >= 4 is 29.0 Å². The monoisotopic (exact) mass is 471 g/mol. The lowest BCUT2D eigenvalue weighted by Crippen LogP contribution is -2.22. The average molecular weight is 471 g/mol. The molecule has 0 atom stereocenters. The van der Waals surface area contributed by atoms with Crippen molar-refractivity contribution in [2.24, 2.45) is 5.92 Å². The highest BCUT2D eigenvalue weighted by atomic mass is 19.3. The van der Waals surface area contributed by atoms with Gasteiger partial charge in [0.15, 0.2) is 17.3 Å². The van der Waals surface area contributed by atoms with Crippen LogP contribution in [0.1, 0.15) is 39.4 Å². The predicted molar refractivity (Wildman–Crippen MR) is 121 cm³/mol. The first-order valence-corrected chi connectivity index (χ1v) is 10.3. The highest BCUT2D eigenvalue weighted by Gasteiger charge is 2.30. The van der Waals surface area contributed by atoms with Crippen molar-refractivity contribution in [1.29, 1.82) is 0 Å². The predicted octanol–water partition coefficient (Wildman–Crippen LogP) is 3.94. The molecule has 34 heavy (non-hydrogen) atoms. The van der Waals surface area contributed by atoms with Gasteiger partial charge in [0.1, 0.15) is 0 Å². The summed E-state index contributed by atoms with van der Waals surface area (Å²) in [7, 11) is 1.39. The van der Waals surface area contributed by atoms with Crippen molar-refractivity contribution in [3.05, 3.63) is 53.9 Å². The van der Waals surface area contributed by atoms with Crippen LogP contribution in [0.5, 0.6) is 5.75 Å². The van der Waals surface area contributed by atoms with E-state index in [4.69, 9.17) is 8.85 Å². The van der Waals surface area contributed by atoms with E-state index >= 15 is 0 Å². The molecule has 2 aromatic heterocycles. The molecule has 1 aliphatic rings. The first-order chi connectivity index (χ1) is 17.6. The molecular weight excluding hydrogens is 446 g/mol. The molecule has 0 radical (unpaired) electrons. The third-order valence-electron chi connectivity index (χ3n) is 5.12. The molecule has 0 bridgehead atoms. The summed E-state index contributed by atoms with van der Waals surface area (Å²) in [4.78, 5) is 28.9. The van der Waals surface area contributed by atoms with Gasteiger partial charge in [-0.1, -0.05) is 6.07 Å². The minimum Gasteiger partial charge on any atom is -0.494 e. The molecule has 2 heterocycles. The van der Waals surface area contributed by atoms with Crippen LogP contribution in [0.4, 0.5) is 26.0 Å². The zero-order valence-corrected chi connectivity index (χ0v) is 17.9. The van der Waals surface area contributed by atoms with Gasteiger partial charge < -0.3 is 20.7 Å². The van der Waals surface area contributed by atoms with Crippen LogP contribution in [0, 0.1) is 5.92 Å². The fourth-order valence-electron chi connectivity index (χ4n) is 3.24. The van der Waals surface area contributed by atoms with Crippen molar-refractivity contribution < 1.29 is 27.2 Å². The summed E-state index contributed by atoms with van der Waals surface area (Å²) in [5, 5.41) is 15.2. The van der Waals surface area contributed by atoms with Gasteiger partial charge in [0.05, 0.1) is 24.2 Å². The van der Waals surface area contributed by atoms with E-state index in [2.05, 4.69) is 25.8 Å². The first-order valence-electron chi connectivity index (χ1n) is 11.8. The average Bonchev–Trinajstić information content (AvgIpc) is 3.69. The number of hydrogen-bond acceptors (Lipinski definition) is 7. The molecular formula is C23H22F2N6O3. The molecule has 3 N–H and O–H groups in total. The van der Waals surface area contributed by atoms with Crippen LogP contribution >= 0.6 is 0 Å². The molecule has 176 valence electrons. The number of alkyl halides is 2. The molecule has 11 heteroatoms. The normalized spacial score (nSPS) is 14.5. The Labute approximate surface area is 198 Å². The molecule has 0 unspecified atom stereocenters. The number of carbonyl (C=O) groups is 2. The molecule has 9 nitrogen and oxygen atoms in total. The number of hydrogen-bond donors (Lipinski definition) is 3. The van der Waals surface area contributed by atoms with E-state index in [1.807, 2.05) is 5.32 Å². The van der Waals surface area contributed by atoms with E-state index < -0.39 is 19.3 Å². The van der Waals surface area contributed by atoms with Crippen molar-refractivity contribution in [3.63, 3.8) is 0 Å². The van der Waals surface area contributed by atoms with E-state index in [0.29, 0.717) is 16.9 Å². The second-order valence-electron chi connectivity index (χ2n) is 7.50. The number of para-hydroxylation sites is 1. The van der Waals surface area contributed by atoms with E-state index in [9.17, 15) is 18.4 Å². The Kier molecular flexibility index (Phi) is 5.56. The standard InChI is InChI=1S/C23H22F2N6O3/c1-26-23(33)19-17(10-18(30-31-19)29-22(32)12-6-7-12)28-16-5-3-4-14(20(16)34-2)15-9-8-13(11-27-15)21(24)25/h3-5,8-12,21H,6-7H2,1-2H3,(H,26,33)(H2,28,29,30,32)/i1D3.